The largest absolute Gasteiger partial charge is 0.462 e. The lowest BCUT2D eigenvalue weighted by Crippen LogP contribution is -2.44. The van der Waals surface area contributed by atoms with Crippen LogP contribution in [0.15, 0.2) is 48.9 Å². The number of piperazine rings is 1. The highest BCUT2D eigenvalue weighted by molar-refractivity contribution is 5.78. The van der Waals surface area contributed by atoms with Crippen molar-refractivity contribution in [3.8, 4) is 17.1 Å². The van der Waals surface area contributed by atoms with Gasteiger partial charge in [0.1, 0.15) is 12.4 Å². The number of benzene rings is 1. The number of hydrogen-bond donors (Lipinski definition) is 2. The molecule has 0 atom stereocenters. The van der Waals surface area contributed by atoms with Crippen LogP contribution < -0.4 is 15.4 Å². The second-order valence-electron chi connectivity index (χ2n) is 7.61. The minimum atomic E-state index is -0.643. The van der Waals surface area contributed by atoms with Gasteiger partial charge in [-0.3, -0.25) is 9.69 Å². The summed E-state index contributed by atoms with van der Waals surface area (Å²) in [6.45, 7) is 5.29. The van der Waals surface area contributed by atoms with E-state index in [1.807, 2.05) is 0 Å². The molecule has 1 aromatic carbocycles. The summed E-state index contributed by atoms with van der Waals surface area (Å²) in [4.78, 5) is 30.6. The van der Waals surface area contributed by atoms with Crippen LogP contribution in [0.4, 0.5) is 4.39 Å². The Kier molecular flexibility index (Phi) is 7.83. The predicted molar refractivity (Wildman–Crippen MR) is 120 cm³/mol. The van der Waals surface area contributed by atoms with Gasteiger partial charge in [-0.1, -0.05) is 24.3 Å². The molecule has 3 aromatic rings. The Morgan fingerprint density at radius 1 is 1.12 bits per heavy atom. The van der Waals surface area contributed by atoms with Crippen LogP contribution in [0.3, 0.4) is 0 Å². The molecule has 0 bridgehead atoms. The number of hydrogen-bond acceptors (Lipinski definition) is 8. The number of nitrogens with one attached hydrogen (secondary N) is 2. The molecule has 172 valence electrons. The summed E-state index contributed by atoms with van der Waals surface area (Å²) in [5.74, 6) is -0.240. The number of aromatic nitrogens is 4. The SMILES string of the molecule is O=C(Cc1ccc(-c2cnc(OCCN3CCNCC3)nc2F)cc1)NCc1ncccn1. The maximum absolute atomic E-state index is 14.6. The monoisotopic (exact) mass is 451 g/mol. The molecule has 3 heterocycles. The van der Waals surface area contributed by atoms with Crippen molar-refractivity contribution >= 4 is 5.91 Å². The van der Waals surface area contributed by atoms with Crippen LogP contribution >= 0.6 is 0 Å². The Labute approximate surface area is 191 Å². The summed E-state index contributed by atoms with van der Waals surface area (Å²) in [5, 5.41) is 6.08. The first-order valence-corrected chi connectivity index (χ1v) is 10.9. The standard InChI is InChI=1S/C23H26FN7O2/c24-22-19(15-29-23(30-22)33-13-12-31-10-8-25-9-11-31)18-4-2-17(3-5-18)14-21(32)28-16-20-26-6-1-7-27-20/h1-7,15,25H,8-14,16H2,(H,28,32). The van der Waals surface area contributed by atoms with Crippen LogP contribution in [0.25, 0.3) is 11.1 Å². The summed E-state index contributed by atoms with van der Waals surface area (Å²) in [6.07, 6.45) is 4.88. The smallest absolute Gasteiger partial charge is 0.319 e. The van der Waals surface area contributed by atoms with Crippen LogP contribution in [0.1, 0.15) is 11.4 Å². The molecule has 1 saturated heterocycles. The predicted octanol–water partition coefficient (Wildman–Crippen LogP) is 1.22. The number of carbonyl (C=O) groups is 1. The van der Waals surface area contributed by atoms with E-state index in [9.17, 15) is 9.18 Å². The van der Waals surface area contributed by atoms with Gasteiger partial charge in [-0.25, -0.2) is 15.0 Å². The van der Waals surface area contributed by atoms with E-state index in [4.69, 9.17) is 4.74 Å². The highest BCUT2D eigenvalue weighted by Gasteiger charge is 2.13. The van der Waals surface area contributed by atoms with E-state index in [2.05, 4.69) is 35.5 Å². The fourth-order valence-corrected chi connectivity index (χ4v) is 3.46. The molecule has 2 N–H and O–H groups in total. The number of nitrogens with zero attached hydrogens (tertiary/aromatic N) is 5. The van der Waals surface area contributed by atoms with Crippen molar-refractivity contribution in [2.75, 3.05) is 39.3 Å². The van der Waals surface area contributed by atoms with Crippen LogP contribution in [-0.4, -0.2) is 70.1 Å². The highest BCUT2D eigenvalue weighted by Crippen LogP contribution is 2.22. The third kappa shape index (κ3) is 6.74. The van der Waals surface area contributed by atoms with Crippen LogP contribution in [0.2, 0.25) is 0 Å². The van der Waals surface area contributed by atoms with Crippen LogP contribution in [-0.2, 0) is 17.8 Å². The molecule has 1 amide bonds. The summed E-state index contributed by atoms with van der Waals surface area (Å²) >= 11 is 0. The molecule has 1 aliphatic heterocycles. The minimum Gasteiger partial charge on any atom is -0.462 e. The van der Waals surface area contributed by atoms with Gasteiger partial charge < -0.3 is 15.4 Å². The molecule has 9 nitrogen and oxygen atoms in total. The van der Waals surface area contributed by atoms with Crippen molar-refractivity contribution in [2.24, 2.45) is 0 Å². The fourth-order valence-electron chi connectivity index (χ4n) is 3.46. The van der Waals surface area contributed by atoms with E-state index in [-0.39, 0.29) is 30.4 Å². The molecular formula is C23H26FN7O2. The maximum atomic E-state index is 14.6. The molecule has 2 aromatic heterocycles. The number of halogens is 1. The van der Waals surface area contributed by atoms with Gasteiger partial charge in [0.25, 0.3) is 0 Å². The van der Waals surface area contributed by atoms with Gasteiger partial charge in [0.2, 0.25) is 11.9 Å². The van der Waals surface area contributed by atoms with Crippen molar-refractivity contribution < 1.29 is 13.9 Å². The van der Waals surface area contributed by atoms with E-state index >= 15 is 0 Å². The maximum Gasteiger partial charge on any atom is 0.319 e. The van der Waals surface area contributed by atoms with Crippen molar-refractivity contribution in [1.29, 1.82) is 0 Å². The zero-order valence-electron chi connectivity index (χ0n) is 18.2. The fraction of sp³-hybridized carbons (Fsp3) is 0.348. The summed E-state index contributed by atoms with van der Waals surface area (Å²) in [7, 11) is 0. The number of ether oxygens (including phenoxy) is 1. The number of carbonyl (C=O) groups excluding carboxylic acids is 1. The van der Waals surface area contributed by atoms with Gasteiger partial charge in [-0.05, 0) is 17.2 Å². The Balaban J connectivity index is 1.28. The molecule has 0 unspecified atom stereocenters. The van der Waals surface area contributed by atoms with Gasteiger partial charge in [0, 0.05) is 51.3 Å². The van der Waals surface area contributed by atoms with Crippen molar-refractivity contribution in [3.63, 3.8) is 0 Å². The van der Waals surface area contributed by atoms with Gasteiger partial charge in [-0.2, -0.15) is 9.37 Å². The zero-order chi connectivity index (χ0) is 22.9. The molecular weight excluding hydrogens is 425 g/mol. The van der Waals surface area contributed by atoms with E-state index in [0.29, 0.717) is 18.0 Å². The molecule has 0 radical (unpaired) electrons. The second-order valence-corrected chi connectivity index (χ2v) is 7.61. The zero-order valence-corrected chi connectivity index (χ0v) is 18.2. The first-order chi connectivity index (χ1) is 16.2. The average molecular weight is 452 g/mol. The normalized spacial score (nSPS) is 14.1. The van der Waals surface area contributed by atoms with Gasteiger partial charge >= 0.3 is 6.01 Å². The highest BCUT2D eigenvalue weighted by atomic mass is 19.1. The number of rotatable bonds is 9. The second kappa shape index (κ2) is 11.4. The van der Waals surface area contributed by atoms with Gasteiger partial charge in [0.05, 0.1) is 18.5 Å². The quantitative estimate of drug-likeness (QED) is 0.468. The molecule has 0 spiro atoms. The van der Waals surface area contributed by atoms with Crippen molar-refractivity contribution in [1.82, 2.24) is 35.5 Å². The first-order valence-electron chi connectivity index (χ1n) is 10.9. The summed E-state index contributed by atoms with van der Waals surface area (Å²) < 4.78 is 20.1. The third-order valence-corrected chi connectivity index (χ3v) is 5.26. The first kappa shape index (κ1) is 22.7. The van der Waals surface area contributed by atoms with E-state index < -0.39 is 5.95 Å². The Hall–Kier alpha value is -3.50. The molecule has 4 rings (SSSR count). The molecule has 1 aliphatic rings. The third-order valence-electron chi connectivity index (χ3n) is 5.26. The Morgan fingerprint density at radius 2 is 1.88 bits per heavy atom. The van der Waals surface area contributed by atoms with Gasteiger partial charge in [0.15, 0.2) is 0 Å². The summed E-state index contributed by atoms with van der Waals surface area (Å²) in [6, 6.07) is 8.81. The molecule has 1 fully saturated rings. The average Bonchev–Trinajstić information content (AvgIpc) is 2.85. The molecule has 0 saturated carbocycles. The van der Waals surface area contributed by atoms with Gasteiger partial charge in [-0.15, -0.1) is 0 Å². The topological polar surface area (TPSA) is 105 Å². The van der Waals surface area contributed by atoms with Crippen molar-refractivity contribution in [2.45, 2.75) is 13.0 Å². The Morgan fingerprint density at radius 3 is 2.61 bits per heavy atom. The van der Waals surface area contributed by atoms with Crippen LogP contribution in [0, 0.1) is 5.95 Å². The Bertz CT molecular complexity index is 1040. The lowest BCUT2D eigenvalue weighted by molar-refractivity contribution is -0.120. The number of amides is 1. The van der Waals surface area contributed by atoms with E-state index in [1.165, 1.54) is 6.20 Å². The van der Waals surface area contributed by atoms with Crippen LogP contribution in [0.5, 0.6) is 6.01 Å². The summed E-state index contributed by atoms with van der Waals surface area (Å²) in [5.41, 5.74) is 1.71. The molecule has 10 heteroatoms. The lowest BCUT2D eigenvalue weighted by Gasteiger charge is -2.26. The lowest BCUT2D eigenvalue weighted by atomic mass is 10.0. The molecule has 33 heavy (non-hydrogen) atoms. The minimum absolute atomic E-state index is 0.0297. The molecule has 0 aliphatic carbocycles. The van der Waals surface area contributed by atoms with E-state index in [1.54, 1.807) is 42.7 Å². The van der Waals surface area contributed by atoms with Crippen molar-refractivity contribution in [3.05, 3.63) is 66.3 Å². The van der Waals surface area contributed by atoms with E-state index in [0.717, 1.165) is 38.3 Å².